The molecule has 0 spiro atoms. The van der Waals surface area contributed by atoms with Gasteiger partial charge in [0.15, 0.2) is 12.2 Å². The highest BCUT2D eigenvalue weighted by Gasteiger charge is 2.65. The van der Waals surface area contributed by atoms with Crippen LogP contribution in [-0.2, 0) is 0 Å². The fourth-order valence-corrected chi connectivity index (χ4v) is 15.9. The highest BCUT2D eigenvalue weighted by Crippen LogP contribution is 2.49. The number of nitrogens with one attached hydrogen (secondary N) is 8. The first-order valence-electron chi connectivity index (χ1n) is 29.0. The molecule has 9 aliphatic rings. The van der Waals surface area contributed by atoms with Gasteiger partial charge in [0, 0.05) is 11.8 Å². The zero-order chi connectivity index (χ0) is 54.8. The van der Waals surface area contributed by atoms with Crippen LogP contribution in [0.15, 0.2) is 97.1 Å². The molecule has 12 N–H and O–H groups in total. The van der Waals surface area contributed by atoms with E-state index in [1.165, 1.54) is 74.2 Å². The molecule has 8 bridgehead atoms. The van der Waals surface area contributed by atoms with Gasteiger partial charge in [-0.05, 0) is 171 Å². The summed E-state index contributed by atoms with van der Waals surface area (Å²) in [7, 11) is 0. The standard InChI is InChI=1S/C60H72N8O12/c69-57(70)29-13-21-33(22-14-29)77-45-43-44(46(78-34-23-15-30(16-24-34)58(71)72)48(80-36-27-19-32(20-28-36)60(75)76)47(45)79-35-25-17-31(18-26-35)59(73)74)56-67-54-42-12-6-4-10-40(42)52(65-54)63-50-38-8-2-1-7-37(38)49(61-50)62-51-39-9-3-5-11-41(39)53(64-51)66-55(43)68-56/h13-28,37-56,61-68H,1-12H2,(H,69,70)(H,71,72)(H,73,74)(H,75,76). The Kier molecular flexibility index (Phi) is 14.7. The number of carboxylic acid groups (broad SMARTS) is 4. The van der Waals surface area contributed by atoms with E-state index >= 15 is 0 Å². The number of aromatic carboxylic acids is 4. The van der Waals surface area contributed by atoms with Gasteiger partial charge < -0.3 is 39.4 Å². The van der Waals surface area contributed by atoms with Crippen LogP contribution in [-0.4, -0.2) is 118 Å². The van der Waals surface area contributed by atoms with Crippen LogP contribution in [0.1, 0.15) is 118 Å². The van der Waals surface area contributed by atoms with Crippen LogP contribution in [0.3, 0.4) is 0 Å². The molecule has 20 atom stereocenters. The van der Waals surface area contributed by atoms with E-state index in [-0.39, 0.29) is 71.1 Å². The van der Waals surface area contributed by atoms with Crippen LogP contribution in [0.2, 0.25) is 0 Å². The van der Waals surface area contributed by atoms with Crippen molar-refractivity contribution in [2.45, 2.75) is 151 Å². The average Bonchev–Trinajstić information content (AvgIpc) is 4.39. The second-order valence-corrected chi connectivity index (χ2v) is 23.8. The fourth-order valence-electron chi connectivity index (χ4n) is 15.9. The van der Waals surface area contributed by atoms with Crippen molar-refractivity contribution < 1.29 is 58.6 Å². The topological polar surface area (TPSA) is 282 Å². The average molecular weight is 1100 g/mol. The van der Waals surface area contributed by atoms with Gasteiger partial charge in [-0.25, -0.2) is 19.2 Å². The van der Waals surface area contributed by atoms with Crippen LogP contribution in [0.5, 0.6) is 23.0 Å². The Morgan fingerprint density at radius 3 is 0.688 bits per heavy atom. The van der Waals surface area contributed by atoms with Gasteiger partial charge in [0.25, 0.3) is 0 Å². The second-order valence-electron chi connectivity index (χ2n) is 23.8. The van der Waals surface area contributed by atoms with Crippen LogP contribution in [0.25, 0.3) is 0 Å². The predicted molar refractivity (Wildman–Crippen MR) is 290 cm³/mol. The first-order chi connectivity index (χ1) is 38.9. The van der Waals surface area contributed by atoms with E-state index in [4.69, 9.17) is 18.9 Å². The summed E-state index contributed by atoms with van der Waals surface area (Å²) in [5.74, 6) is -1.90. The third-order valence-electron chi connectivity index (χ3n) is 19.5. The highest BCUT2D eigenvalue weighted by atomic mass is 16.6. The van der Waals surface area contributed by atoms with E-state index in [9.17, 15) is 39.6 Å². The first-order valence-corrected chi connectivity index (χ1v) is 29.0. The highest BCUT2D eigenvalue weighted by molar-refractivity contribution is 5.89. The lowest BCUT2D eigenvalue weighted by atomic mass is 9.71. The third kappa shape index (κ3) is 10.3. The lowest BCUT2D eigenvalue weighted by Gasteiger charge is -2.50. The third-order valence-corrected chi connectivity index (χ3v) is 19.5. The molecule has 80 heavy (non-hydrogen) atoms. The van der Waals surface area contributed by atoms with E-state index in [2.05, 4.69) is 42.5 Å². The summed E-state index contributed by atoms with van der Waals surface area (Å²) < 4.78 is 29.1. The molecule has 4 aliphatic carbocycles. The number of ether oxygens (including phenoxy) is 4. The molecule has 5 saturated heterocycles. The molecular weight excluding hydrogens is 1020 g/mol. The molecule has 20 nitrogen and oxygen atoms in total. The summed E-state index contributed by atoms with van der Waals surface area (Å²) in [5.41, 5.74) is 0.256. The minimum atomic E-state index is -1.11. The minimum Gasteiger partial charge on any atom is -0.486 e. The molecule has 4 aromatic rings. The number of carboxylic acids is 4. The molecule has 5 aliphatic heterocycles. The van der Waals surface area contributed by atoms with E-state index in [0.29, 0.717) is 46.7 Å². The van der Waals surface area contributed by atoms with Crippen LogP contribution in [0.4, 0.5) is 0 Å². The minimum absolute atomic E-state index is 0.0264. The van der Waals surface area contributed by atoms with Crippen molar-refractivity contribution in [3.8, 4) is 23.0 Å². The van der Waals surface area contributed by atoms with Gasteiger partial charge >= 0.3 is 23.9 Å². The van der Waals surface area contributed by atoms with Gasteiger partial charge in [-0.3, -0.25) is 42.5 Å². The lowest BCUT2D eigenvalue weighted by molar-refractivity contribution is -0.150. The Bertz CT molecular complexity index is 2710. The van der Waals surface area contributed by atoms with Crippen molar-refractivity contribution in [2.75, 3.05) is 0 Å². The number of hydrogen-bond donors (Lipinski definition) is 12. The summed E-state index contributed by atoms with van der Waals surface area (Å²) in [4.78, 5) is 48.8. The van der Waals surface area contributed by atoms with Crippen molar-refractivity contribution >= 4 is 23.9 Å². The summed E-state index contributed by atoms with van der Waals surface area (Å²) in [6, 6.07) is 24.7. The van der Waals surface area contributed by atoms with Crippen LogP contribution < -0.4 is 61.5 Å². The summed E-state index contributed by atoms with van der Waals surface area (Å²) in [6.45, 7) is 0. The Labute approximate surface area is 463 Å². The Hall–Kier alpha value is -6.36. The smallest absolute Gasteiger partial charge is 0.335 e. The SMILES string of the molecule is O=C(O)c1ccc(OC2C(Oc3ccc(C(=O)O)cc3)C(Oc3ccc(C(=O)O)cc3)C3C4NC5NC(NC6NC(NC7NC(NC(N4)C3C2Oc2ccc(C(=O)O)cc2)C2CCCCC72)C2CCCCC62)C2CCCCC52)cc1. The monoisotopic (exact) mass is 1100 g/mol. The maximum atomic E-state index is 12.2. The van der Waals surface area contributed by atoms with Gasteiger partial charge in [-0.1, -0.05) is 38.5 Å². The van der Waals surface area contributed by atoms with Crippen molar-refractivity contribution in [2.24, 2.45) is 47.3 Å². The van der Waals surface area contributed by atoms with E-state index in [1.807, 2.05) is 0 Å². The largest absolute Gasteiger partial charge is 0.486 e. The maximum Gasteiger partial charge on any atom is 0.335 e. The van der Waals surface area contributed by atoms with Gasteiger partial charge in [-0.15, -0.1) is 0 Å². The molecule has 9 fully saturated rings. The zero-order valence-corrected chi connectivity index (χ0v) is 44.3. The molecule has 4 saturated carbocycles. The number of carbonyl (C=O) groups is 4. The molecule has 13 rings (SSSR count). The summed E-state index contributed by atoms with van der Waals surface area (Å²) >= 11 is 0. The zero-order valence-electron chi connectivity index (χ0n) is 44.3. The molecule has 20 unspecified atom stereocenters. The number of fused-ring (bicyclic) bond motifs is 20. The van der Waals surface area contributed by atoms with Crippen molar-refractivity contribution in [1.82, 2.24) is 42.5 Å². The molecule has 5 heterocycles. The van der Waals surface area contributed by atoms with E-state index in [1.54, 1.807) is 48.5 Å². The number of benzene rings is 4. The molecule has 4 aromatic carbocycles. The van der Waals surface area contributed by atoms with Gasteiger partial charge in [-0.2, -0.15) is 0 Å². The normalized spacial score (nSPS) is 37.9. The molecule has 424 valence electrons. The molecule has 0 aromatic heterocycles. The fraction of sp³-hybridized carbons (Fsp3) is 0.533. The van der Waals surface area contributed by atoms with Gasteiger partial charge in [0.1, 0.15) is 35.2 Å². The maximum absolute atomic E-state index is 12.2. The number of rotatable bonds is 12. The van der Waals surface area contributed by atoms with Gasteiger partial charge in [0.2, 0.25) is 0 Å². The molecule has 0 amide bonds. The summed E-state index contributed by atoms with van der Waals surface area (Å²) in [6.07, 6.45) is 8.48. The second kappa shape index (κ2) is 22.2. The molecule has 0 radical (unpaired) electrons. The summed E-state index contributed by atoms with van der Waals surface area (Å²) in [5, 5.41) is 73.3. The van der Waals surface area contributed by atoms with Crippen LogP contribution in [0, 0.1) is 47.3 Å². The quantitative estimate of drug-likeness (QED) is 0.0819. The number of hydrogen-bond acceptors (Lipinski definition) is 16. The van der Waals surface area contributed by atoms with E-state index in [0.717, 1.165) is 51.4 Å². The molecule has 20 heteroatoms. The lowest BCUT2D eigenvalue weighted by Crippen LogP contribution is -2.69. The van der Waals surface area contributed by atoms with Crippen LogP contribution >= 0.6 is 0 Å². The van der Waals surface area contributed by atoms with Crippen molar-refractivity contribution in [3.05, 3.63) is 119 Å². The Morgan fingerprint density at radius 1 is 0.287 bits per heavy atom. The van der Waals surface area contributed by atoms with Gasteiger partial charge in [0.05, 0.1) is 71.6 Å². The van der Waals surface area contributed by atoms with E-state index < -0.39 is 72.5 Å². The molecular formula is C60H72N8O12. The Balaban J connectivity index is 0.977. The first kappa shape index (κ1) is 53.0. The Morgan fingerprint density at radius 2 is 0.475 bits per heavy atom. The predicted octanol–water partition coefficient (Wildman–Crippen LogP) is 5.63. The van der Waals surface area contributed by atoms with Crippen molar-refractivity contribution in [3.63, 3.8) is 0 Å². The van der Waals surface area contributed by atoms with Crippen molar-refractivity contribution in [1.29, 1.82) is 0 Å².